The molecule has 0 spiro atoms. The van der Waals surface area contributed by atoms with Gasteiger partial charge < -0.3 is 9.30 Å². The molecule has 1 unspecified atom stereocenters. The largest absolute Gasteiger partial charge is 0.573 e. The first-order valence-electron chi connectivity index (χ1n) is 10.5. The average molecular weight is 488 g/mol. The molecule has 0 aliphatic heterocycles. The minimum absolute atomic E-state index is 0.255. The number of Topliss-reactive ketones (excluding diaryl/α,β-unsaturated/α-hetero) is 1. The Morgan fingerprint density at radius 1 is 0.853 bits per heavy atom. The molecule has 1 aromatic heterocycles. The van der Waals surface area contributed by atoms with Crippen molar-refractivity contribution < 1.29 is 31.1 Å². The highest BCUT2D eigenvalue weighted by Crippen LogP contribution is 2.37. The van der Waals surface area contributed by atoms with E-state index in [0.717, 1.165) is 46.1 Å². The predicted octanol–water partition coefficient (Wildman–Crippen LogP) is 4.94. The van der Waals surface area contributed by atoms with Crippen molar-refractivity contribution in [3.05, 3.63) is 72.8 Å². The average Bonchev–Trinajstić information content (AvgIpc) is 3.30. The molecular formula is C24H19F3N2O4S. The van der Waals surface area contributed by atoms with E-state index in [9.17, 15) is 26.4 Å². The number of ketones is 1. The van der Waals surface area contributed by atoms with Crippen LogP contribution in [0.4, 0.5) is 13.2 Å². The molecule has 0 bridgehead atoms. The first kappa shape index (κ1) is 22.4. The fourth-order valence-corrected chi connectivity index (χ4v) is 5.82. The summed E-state index contributed by atoms with van der Waals surface area (Å²) in [6.45, 7) is 0. The smallest absolute Gasteiger partial charge is 0.406 e. The van der Waals surface area contributed by atoms with Crippen LogP contribution in [0.2, 0.25) is 0 Å². The molecule has 1 heterocycles. The molecule has 1 fully saturated rings. The topological polar surface area (TPSA) is 77.4 Å². The molecule has 0 radical (unpaired) electrons. The van der Waals surface area contributed by atoms with Crippen LogP contribution in [0, 0.1) is 0 Å². The van der Waals surface area contributed by atoms with Gasteiger partial charge in [-0.05, 0) is 49.2 Å². The summed E-state index contributed by atoms with van der Waals surface area (Å²) in [7, 11) is -4.13. The summed E-state index contributed by atoms with van der Waals surface area (Å²) in [4.78, 5) is 13.1. The number of fused-ring (bicyclic) bond motifs is 3. The normalized spacial score (nSPS) is 19.2. The van der Waals surface area contributed by atoms with Gasteiger partial charge in [-0.3, -0.25) is 4.79 Å². The van der Waals surface area contributed by atoms with Gasteiger partial charge in [-0.2, -0.15) is 0 Å². The van der Waals surface area contributed by atoms with Gasteiger partial charge in [0.1, 0.15) is 5.75 Å². The monoisotopic (exact) mass is 488 g/mol. The number of hydrogen-bond donors (Lipinski definition) is 1. The lowest BCUT2D eigenvalue weighted by atomic mass is 10.2. The number of nitrogens with one attached hydrogen (secondary N) is 1. The number of nitrogens with zero attached hydrogens (tertiary/aromatic N) is 1. The third-order valence-corrected chi connectivity index (χ3v) is 7.48. The van der Waals surface area contributed by atoms with Crippen LogP contribution >= 0.6 is 0 Å². The molecule has 1 saturated carbocycles. The minimum atomic E-state index is -4.88. The number of benzene rings is 3. The van der Waals surface area contributed by atoms with Crippen molar-refractivity contribution in [3.63, 3.8) is 0 Å². The second-order valence-electron chi connectivity index (χ2n) is 8.09. The van der Waals surface area contributed by atoms with Crippen molar-refractivity contribution in [1.29, 1.82) is 0 Å². The lowest BCUT2D eigenvalue weighted by Gasteiger charge is -2.16. The molecule has 10 heteroatoms. The zero-order chi connectivity index (χ0) is 24.1. The Morgan fingerprint density at radius 3 is 1.97 bits per heavy atom. The maximum absolute atomic E-state index is 13.3. The van der Waals surface area contributed by atoms with Crippen LogP contribution in [0.15, 0.2) is 77.7 Å². The summed E-state index contributed by atoms with van der Waals surface area (Å²) in [6, 6.07) is 17.8. The van der Waals surface area contributed by atoms with Crippen LogP contribution < -0.4 is 9.46 Å². The number of ether oxygens (including phenoxy) is 1. The highest BCUT2D eigenvalue weighted by atomic mass is 32.2. The second-order valence-corrected chi connectivity index (χ2v) is 9.81. The van der Waals surface area contributed by atoms with E-state index in [-0.39, 0.29) is 10.7 Å². The van der Waals surface area contributed by atoms with Crippen molar-refractivity contribution in [2.75, 3.05) is 0 Å². The maximum atomic E-state index is 13.3. The van der Waals surface area contributed by atoms with Crippen LogP contribution in [0.5, 0.6) is 5.75 Å². The Morgan fingerprint density at radius 2 is 1.41 bits per heavy atom. The van der Waals surface area contributed by atoms with Gasteiger partial charge in [0.25, 0.3) is 0 Å². The van der Waals surface area contributed by atoms with Gasteiger partial charge in [0, 0.05) is 21.8 Å². The van der Waals surface area contributed by atoms with Crippen molar-refractivity contribution in [2.45, 2.75) is 36.2 Å². The lowest BCUT2D eigenvalue weighted by Crippen LogP contribution is -2.39. The summed E-state index contributed by atoms with van der Waals surface area (Å²) in [5.41, 5.74) is 1.79. The molecule has 0 amide bonds. The van der Waals surface area contributed by atoms with E-state index in [0.29, 0.717) is 12.8 Å². The number of rotatable bonds is 5. The van der Waals surface area contributed by atoms with Gasteiger partial charge in [0.15, 0.2) is 5.78 Å². The zero-order valence-electron chi connectivity index (χ0n) is 17.6. The van der Waals surface area contributed by atoms with Crippen LogP contribution in [-0.2, 0) is 14.8 Å². The van der Waals surface area contributed by atoms with Crippen LogP contribution in [0.25, 0.3) is 21.8 Å². The van der Waals surface area contributed by atoms with Crippen molar-refractivity contribution in [2.24, 2.45) is 0 Å². The van der Waals surface area contributed by atoms with Crippen LogP contribution in [-0.4, -0.2) is 31.2 Å². The summed E-state index contributed by atoms with van der Waals surface area (Å²) < 4.78 is 70.8. The Labute approximate surface area is 193 Å². The summed E-state index contributed by atoms with van der Waals surface area (Å²) in [6.07, 6.45) is -4.12. The Bertz CT molecular complexity index is 1440. The number of hydrogen-bond acceptors (Lipinski definition) is 4. The summed E-state index contributed by atoms with van der Waals surface area (Å²) in [5.74, 6) is -0.790. The van der Waals surface area contributed by atoms with E-state index < -0.39 is 34.2 Å². The third kappa shape index (κ3) is 4.03. The quantitative estimate of drug-likeness (QED) is 0.432. The van der Waals surface area contributed by atoms with Gasteiger partial charge in [0.05, 0.1) is 17.0 Å². The zero-order valence-corrected chi connectivity index (χ0v) is 18.4. The highest BCUT2D eigenvalue weighted by Gasteiger charge is 2.39. The molecule has 6 nitrogen and oxygen atoms in total. The van der Waals surface area contributed by atoms with E-state index >= 15 is 0 Å². The molecule has 176 valence electrons. The molecule has 1 aliphatic carbocycles. The summed E-state index contributed by atoms with van der Waals surface area (Å²) >= 11 is 0. The van der Waals surface area contributed by atoms with Crippen LogP contribution in [0.3, 0.4) is 0 Å². The number of carbonyl (C=O) groups excluding carboxylic acids is 1. The van der Waals surface area contributed by atoms with Gasteiger partial charge in [-0.25, -0.2) is 13.1 Å². The second kappa shape index (κ2) is 8.14. The molecular weight excluding hydrogens is 469 g/mol. The Balaban J connectivity index is 1.41. The standard InChI is InChI=1S/C24H19F3N2O4S/c25-24(26,27)33-15-9-11-16(12-10-15)34(31,32)28-19-13-14-22(23(19)30)29-20-7-3-1-5-17(20)18-6-2-4-8-21(18)29/h1-12,19,22,28H,13-14H2/t19-,22?/m1/s1. The highest BCUT2D eigenvalue weighted by molar-refractivity contribution is 7.89. The van der Waals surface area contributed by atoms with E-state index in [1.807, 2.05) is 53.1 Å². The first-order chi connectivity index (χ1) is 16.1. The molecule has 1 N–H and O–H groups in total. The lowest BCUT2D eigenvalue weighted by molar-refractivity contribution is -0.274. The van der Waals surface area contributed by atoms with Gasteiger partial charge >= 0.3 is 6.36 Å². The number of alkyl halides is 3. The summed E-state index contributed by atoms with van der Waals surface area (Å²) in [5, 5.41) is 2.02. The van der Waals surface area contributed by atoms with Crippen molar-refractivity contribution in [3.8, 4) is 5.75 Å². The van der Waals surface area contributed by atoms with Crippen LogP contribution in [0.1, 0.15) is 18.9 Å². The van der Waals surface area contributed by atoms with Gasteiger partial charge in [-0.15, -0.1) is 13.2 Å². The molecule has 2 atom stereocenters. The van der Waals surface area contributed by atoms with Gasteiger partial charge in [-0.1, -0.05) is 36.4 Å². The van der Waals surface area contributed by atoms with E-state index in [1.54, 1.807) is 0 Å². The number of carbonyl (C=O) groups is 1. The van der Waals surface area contributed by atoms with E-state index in [4.69, 9.17) is 0 Å². The van der Waals surface area contributed by atoms with Gasteiger partial charge in [0.2, 0.25) is 10.0 Å². The molecule has 3 aromatic carbocycles. The third-order valence-electron chi connectivity index (χ3n) is 5.99. The molecule has 0 saturated heterocycles. The Kier molecular flexibility index (Phi) is 5.37. The molecule has 1 aliphatic rings. The predicted molar refractivity (Wildman–Crippen MR) is 120 cm³/mol. The number of para-hydroxylation sites is 2. The van der Waals surface area contributed by atoms with E-state index in [2.05, 4.69) is 9.46 Å². The Hall–Kier alpha value is -3.37. The first-order valence-corrected chi connectivity index (χ1v) is 12.0. The maximum Gasteiger partial charge on any atom is 0.573 e. The minimum Gasteiger partial charge on any atom is -0.406 e. The molecule has 4 aromatic rings. The molecule has 34 heavy (non-hydrogen) atoms. The molecule has 5 rings (SSSR count). The van der Waals surface area contributed by atoms with Crippen molar-refractivity contribution >= 4 is 37.6 Å². The number of sulfonamides is 1. The number of aromatic nitrogens is 1. The SMILES string of the molecule is O=C1C(n2c3ccccc3c3ccccc32)CC[C@H]1NS(=O)(=O)c1ccc(OC(F)(F)F)cc1. The van der Waals surface area contributed by atoms with Crippen molar-refractivity contribution in [1.82, 2.24) is 9.29 Å². The fourth-order valence-electron chi connectivity index (χ4n) is 4.58. The number of halogens is 3. The fraction of sp³-hybridized carbons (Fsp3) is 0.208. The van der Waals surface area contributed by atoms with E-state index in [1.165, 1.54) is 0 Å².